The second kappa shape index (κ2) is 7.54. The van der Waals surface area contributed by atoms with Crippen molar-refractivity contribution < 1.29 is 18.7 Å². The maximum atomic E-state index is 13.4. The van der Waals surface area contributed by atoms with Crippen LogP contribution in [0.2, 0.25) is 0 Å². The number of amides is 1. The second-order valence-corrected chi connectivity index (χ2v) is 5.24. The Bertz CT molecular complexity index is 708. The average molecular weight is 315 g/mol. The van der Waals surface area contributed by atoms with Gasteiger partial charge in [0.25, 0.3) is 5.91 Å². The molecule has 2 aromatic carbocycles. The summed E-state index contributed by atoms with van der Waals surface area (Å²) in [6, 6.07) is 11.6. The summed E-state index contributed by atoms with van der Waals surface area (Å²) in [5.41, 5.74) is 2.81. The Morgan fingerprint density at radius 3 is 2.35 bits per heavy atom. The first kappa shape index (κ1) is 16.7. The van der Waals surface area contributed by atoms with Crippen molar-refractivity contribution in [3.8, 4) is 0 Å². The van der Waals surface area contributed by atoms with Gasteiger partial charge in [-0.1, -0.05) is 36.4 Å². The molecule has 4 nitrogen and oxygen atoms in total. The Hall–Kier alpha value is -2.69. The highest BCUT2D eigenvalue weighted by atomic mass is 19.1. The average Bonchev–Trinajstić information content (AvgIpc) is 2.51. The lowest BCUT2D eigenvalue weighted by Crippen LogP contribution is -2.22. The lowest BCUT2D eigenvalue weighted by Gasteiger charge is -2.11. The van der Waals surface area contributed by atoms with Gasteiger partial charge in [0.1, 0.15) is 5.82 Å². The van der Waals surface area contributed by atoms with E-state index in [0.29, 0.717) is 5.69 Å². The van der Waals surface area contributed by atoms with Gasteiger partial charge in [-0.2, -0.15) is 0 Å². The molecule has 0 spiro atoms. The van der Waals surface area contributed by atoms with Crippen LogP contribution in [-0.2, 0) is 20.7 Å². The highest BCUT2D eigenvalue weighted by molar-refractivity contribution is 5.94. The molecule has 0 aliphatic carbocycles. The van der Waals surface area contributed by atoms with Crippen molar-refractivity contribution in [1.82, 2.24) is 0 Å². The molecule has 0 aliphatic rings. The smallest absolute Gasteiger partial charge is 0.310 e. The van der Waals surface area contributed by atoms with Crippen molar-refractivity contribution in [1.29, 1.82) is 0 Å². The Labute approximate surface area is 134 Å². The predicted molar refractivity (Wildman–Crippen MR) is 85.6 cm³/mol. The minimum atomic E-state index is -0.647. The molecule has 2 rings (SSSR count). The Balaban J connectivity index is 1.87. The monoisotopic (exact) mass is 315 g/mol. The largest absolute Gasteiger partial charge is 0.455 e. The third-order valence-electron chi connectivity index (χ3n) is 3.40. The molecule has 0 aliphatic heterocycles. The van der Waals surface area contributed by atoms with E-state index < -0.39 is 24.3 Å². The van der Waals surface area contributed by atoms with Crippen LogP contribution in [-0.4, -0.2) is 18.5 Å². The van der Waals surface area contributed by atoms with Gasteiger partial charge in [-0.25, -0.2) is 4.39 Å². The van der Waals surface area contributed by atoms with Crippen molar-refractivity contribution in [3.05, 3.63) is 65.0 Å². The number of para-hydroxylation sites is 1. The number of halogens is 1. The molecule has 0 unspecified atom stereocenters. The van der Waals surface area contributed by atoms with Gasteiger partial charge in [-0.3, -0.25) is 9.59 Å². The van der Waals surface area contributed by atoms with E-state index in [1.54, 1.807) is 12.1 Å². The molecular formula is C18H18FNO3. The number of hydrogen-bond donors (Lipinski definition) is 1. The van der Waals surface area contributed by atoms with Crippen LogP contribution in [0.25, 0.3) is 0 Å². The van der Waals surface area contributed by atoms with Crippen molar-refractivity contribution in [3.63, 3.8) is 0 Å². The molecular weight excluding hydrogens is 297 g/mol. The minimum absolute atomic E-state index is 0.205. The molecule has 0 bridgehead atoms. The van der Waals surface area contributed by atoms with Crippen LogP contribution in [0, 0.1) is 19.7 Å². The summed E-state index contributed by atoms with van der Waals surface area (Å²) in [6.45, 7) is 3.36. The number of anilines is 1. The lowest BCUT2D eigenvalue weighted by atomic mass is 10.1. The third-order valence-corrected chi connectivity index (χ3v) is 3.40. The third kappa shape index (κ3) is 4.64. The van der Waals surface area contributed by atoms with Gasteiger partial charge in [0, 0.05) is 5.69 Å². The summed E-state index contributed by atoms with van der Waals surface area (Å²) in [4.78, 5) is 23.6. The Morgan fingerprint density at radius 2 is 1.70 bits per heavy atom. The lowest BCUT2D eigenvalue weighted by molar-refractivity contribution is -0.146. The van der Waals surface area contributed by atoms with Crippen molar-refractivity contribution in [2.75, 3.05) is 11.9 Å². The van der Waals surface area contributed by atoms with Crippen LogP contribution < -0.4 is 5.32 Å². The number of carbonyl (C=O) groups excluding carboxylic acids is 2. The van der Waals surface area contributed by atoms with Crippen molar-refractivity contribution >= 4 is 17.6 Å². The predicted octanol–water partition coefficient (Wildman–Crippen LogP) is 3.17. The molecule has 2 aromatic rings. The second-order valence-electron chi connectivity index (χ2n) is 5.24. The number of ether oxygens (including phenoxy) is 1. The van der Waals surface area contributed by atoms with Crippen LogP contribution in [0.1, 0.15) is 16.7 Å². The molecule has 1 amide bonds. The number of aryl methyl sites for hydroxylation is 2. The first-order chi connectivity index (χ1) is 11.0. The Morgan fingerprint density at radius 1 is 1.04 bits per heavy atom. The van der Waals surface area contributed by atoms with Gasteiger partial charge >= 0.3 is 5.97 Å². The zero-order chi connectivity index (χ0) is 16.8. The van der Waals surface area contributed by atoms with E-state index in [2.05, 4.69) is 5.32 Å². The molecule has 0 fully saturated rings. The molecule has 0 aromatic heterocycles. The standard InChI is InChI=1S/C18H18FNO3/c1-12-6-5-7-13(2)18(12)20-16(21)11-23-17(22)10-14-8-3-4-9-15(14)19/h3-9H,10-11H2,1-2H3,(H,20,21). The van der Waals surface area contributed by atoms with Crippen molar-refractivity contribution in [2.24, 2.45) is 0 Å². The summed E-state index contributed by atoms with van der Waals surface area (Å²) in [5.74, 6) is -1.54. The van der Waals surface area contributed by atoms with Gasteiger partial charge in [-0.15, -0.1) is 0 Å². The molecule has 120 valence electrons. The van der Waals surface area contributed by atoms with Crippen LogP contribution in [0.3, 0.4) is 0 Å². The number of carbonyl (C=O) groups is 2. The minimum Gasteiger partial charge on any atom is -0.455 e. The maximum Gasteiger partial charge on any atom is 0.310 e. The first-order valence-electron chi connectivity index (χ1n) is 7.22. The first-order valence-corrected chi connectivity index (χ1v) is 7.22. The summed E-state index contributed by atoms with van der Waals surface area (Å²) in [6.07, 6.45) is -0.205. The van der Waals surface area contributed by atoms with E-state index >= 15 is 0 Å². The van der Waals surface area contributed by atoms with E-state index in [-0.39, 0.29) is 12.0 Å². The summed E-state index contributed by atoms with van der Waals surface area (Å²) in [7, 11) is 0. The molecule has 0 heterocycles. The number of rotatable bonds is 5. The van der Waals surface area contributed by atoms with Gasteiger partial charge in [0.2, 0.25) is 0 Å². The van der Waals surface area contributed by atoms with Gasteiger partial charge in [-0.05, 0) is 36.6 Å². The number of hydrogen-bond acceptors (Lipinski definition) is 3. The SMILES string of the molecule is Cc1cccc(C)c1NC(=O)COC(=O)Cc1ccccc1F. The number of nitrogens with one attached hydrogen (secondary N) is 1. The zero-order valence-electron chi connectivity index (χ0n) is 13.1. The summed E-state index contributed by atoms with van der Waals surface area (Å²) in [5, 5.41) is 2.72. The molecule has 23 heavy (non-hydrogen) atoms. The highest BCUT2D eigenvalue weighted by Gasteiger charge is 2.12. The maximum absolute atomic E-state index is 13.4. The molecule has 1 N–H and O–H groups in total. The van der Waals surface area contributed by atoms with E-state index in [0.717, 1.165) is 11.1 Å². The van der Waals surface area contributed by atoms with E-state index in [4.69, 9.17) is 4.74 Å². The Kier molecular flexibility index (Phi) is 5.46. The molecule has 0 saturated heterocycles. The topological polar surface area (TPSA) is 55.4 Å². The fraction of sp³-hybridized carbons (Fsp3) is 0.222. The van der Waals surface area contributed by atoms with Crippen molar-refractivity contribution in [2.45, 2.75) is 20.3 Å². The summed E-state index contributed by atoms with van der Waals surface area (Å²) >= 11 is 0. The van der Waals surface area contributed by atoms with Gasteiger partial charge in [0.15, 0.2) is 6.61 Å². The number of benzene rings is 2. The fourth-order valence-electron chi connectivity index (χ4n) is 2.18. The van der Waals surface area contributed by atoms with E-state index in [9.17, 15) is 14.0 Å². The normalized spacial score (nSPS) is 10.2. The quantitative estimate of drug-likeness (QED) is 0.862. The molecule has 0 radical (unpaired) electrons. The highest BCUT2D eigenvalue weighted by Crippen LogP contribution is 2.19. The van der Waals surface area contributed by atoms with Crippen LogP contribution in [0.5, 0.6) is 0 Å². The van der Waals surface area contributed by atoms with Crippen LogP contribution in [0.4, 0.5) is 10.1 Å². The van der Waals surface area contributed by atoms with Crippen LogP contribution >= 0.6 is 0 Å². The van der Waals surface area contributed by atoms with Gasteiger partial charge < -0.3 is 10.1 Å². The van der Waals surface area contributed by atoms with E-state index in [1.165, 1.54) is 12.1 Å². The molecule has 5 heteroatoms. The molecule has 0 atom stereocenters. The summed E-state index contributed by atoms with van der Waals surface area (Å²) < 4.78 is 18.3. The van der Waals surface area contributed by atoms with E-state index in [1.807, 2.05) is 32.0 Å². The zero-order valence-corrected chi connectivity index (χ0v) is 13.1. The van der Waals surface area contributed by atoms with Gasteiger partial charge in [0.05, 0.1) is 6.42 Å². The number of esters is 1. The fourth-order valence-corrected chi connectivity index (χ4v) is 2.18. The van der Waals surface area contributed by atoms with Crippen LogP contribution in [0.15, 0.2) is 42.5 Å². The molecule has 0 saturated carbocycles.